The zero-order chi connectivity index (χ0) is 16.7. The third kappa shape index (κ3) is 5.85. The van der Waals surface area contributed by atoms with Gasteiger partial charge in [-0.3, -0.25) is 0 Å². The molecule has 1 unspecified atom stereocenters. The van der Waals surface area contributed by atoms with Crippen LogP contribution in [-0.2, 0) is 0 Å². The fraction of sp³-hybridized carbons (Fsp3) is 0.400. The number of hydrogen-bond donors (Lipinski definition) is 1. The summed E-state index contributed by atoms with van der Waals surface area (Å²) in [4.78, 5) is 0. The van der Waals surface area contributed by atoms with E-state index >= 15 is 0 Å². The van der Waals surface area contributed by atoms with Gasteiger partial charge in [-0.1, -0.05) is 25.1 Å². The molecule has 0 aliphatic rings. The SMILES string of the molecule is CCC(CNc1cccc(OC(C)C)c1)Oc1cccc(C)c1. The number of rotatable bonds is 8. The van der Waals surface area contributed by atoms with Crippen LogP contribution >= 0.6 is 0 Å². The number of nitrogens with one attached hydrogen (secondary N) is 1. The monoisotopic (exact) mass is 313 g/mol. The largest absolute Gasteiger partial charge is 0.491 e. The van der Waals surface area contributed by atoms with Gasteiger partial charge >= 0.3 is 0 Å². The smallest absolute Gasteiger partial charge is 0.121 e. The topological polar surface area (TPSA) is 30.5 Å². The first-order chi connectivity index (χ1) is 11.1. The molecule has 1 atom stereocenters. The minimum absolute atomic E-state index is 0.131. The van der Waals surface area contributed by atoms with E-state index in [1.165, 1.54) is 5.56 Å². The molecule has 124 valence electrons. The molecule has 0 bridgehead atoms. The van der Waals surface area contributed by atoms with Crippen LogP contribution < -0.4 is 14.8 Å². The van der Waals surface area contributed by atoms with Gasteiger partial charge in [0.2, 0.25) is 0 Å². The molecule has 3 nitrogen and oxygen atoms in total. The van der Waals surface area contributed by atoms with Gasteiger partial charge in [0.1, 0.15) is 17.6 Å². The summed E-state index contributed by atoms with van der Waals surface area (Å²) in [5.41, 5.74) is 2.26. The van der Waals surface area contributed by atoms with Gasteiger partial charge in [0.25, 0.3) is 0 Å². The third-order valence-electron chi connectivity index (χ3n) is 3.49. The van der Waals surface area contributed by atoms with E-state index in [4.69, 9.17) is 9.47 Å². The summed E-state index contributed by atoms with van der Waals surface area (Å²) >= 11 is 0. The molecular weight excluding hydrogens is 286 g/mol. The maximum atomic E-state index is 6.07. The predicted molar refractivity (Wildman–Crippen MR) is 96.6 cm³/mol. The molecule has 0 fully saturated rings. The Morgan fingerprint density at radius 1 is 0.957 bits per heavy atom. The molecule has 0 aromatic heterocycles. The Kier molecular flexibility index (Phi) is 6.33. The second-order valence-corrected chi connectivity index (χ2v) is 6.04. The van der Waals surface area contributed by atoms with Crippen LogP contribution in [0, 0.1) is 6.92 Å². The summed E-state index contributed by atoms with van der Waals surface area (Å²) in [7, 11) is 0. The molecule has 2 aromatic rings. The first kappa shape index (κ1) is 17.2. The molecule has 0 radical (unpaired) electrons. The van der Waals surface area contributed by atoms with E-state index in [-0.39, 0.29) is 12.2 Å². The van der Waals surface area contributed by atoms with Gasteiger partial charge in [0, 0.05) is 11.8 Å². The average molecular weight is 313 g/mol. The van der Waals surface area contributed by atoms with Crippen LogP contribution in [0.3, 0.4) is 0 Å². The number of hydrogen-bond acceptors (Lipinski definition) is 3. The van der Waals surface area contributed by atoms with Crippen LogP contribution in [-0.4, -0.2) is 18.8 Å². The van der Waals surface area contributed by atoms with Gasteiger partial charge in [-0.05, 0) is 57.0 Å². The number of benzene rings is 2. The molecule has 0 aliphatic carbocycles. The molecule has 2 aromatic carbocycles. The Labute approximate surface area is 139 Å². The van der Waals surface area contributed by atoms with E-state index in [2.05, 4.69) is 31.3 Å². The highest BCUT2D eigenvalue weighted by molar-refractivity contribution is 5.48. The van der Waals surface area contributed by atoms with Crippen molar-refractivity contribution in [2.24, 2.45) is 0 Å². The van der Waals surface area contributed by atoms with Crippen molar-refractivity contribution in [3.05, 3.63) is 54.1 Å². The third-order valence-corrected chi connectivity index (χ3v) is 3.49. The van der Waals surface area contributed by atoms with E-state index in [9.17, 15) is 0 Å². The van der Waals surface area contributed by atoms with Crippen molar-refractivity contribution in [2.45, 2.75) is 46.3 Å². The Balaban J connectivity index is 1.92. The predicted octanol–water partition coefficient (Wildman–Crippen LogP) is 5.05. The maximum absolute atomic E-state index is 6.07. The van der Waals surface area contributed by atoms with Gasteiger partial charge in [-0.15, -0.1) is 0 Å². The van der Waals surface area contributed by atoms with Crippen molar-refractivity contribution < 1.29 is 9.47 Å². The van der Waals surface area contributed by atoms with Crippen molar-refractivity contribution in [1.82, 2.24) is 0 Å². The zero-order valence-electron chi connectivity index (χ0n) is 14.5. The molecule has 2 rings (SSSR count). The number of ether oxygens (including phenoxy) is 2. The lowest BCUT2D eigenvalue weighted by Gasteiger charge is -2.19. The standard InChI is InChI=1S/C20H27NO2/c1-5-18(23-19-10-6-8-16(4)12-19)14-21-17-9-7-11-20(13-17)22-15(2)3/h6-13,15,18,21H,5,14H2,1-4H3. The number of anilines is 1. The molecule has 1 N–H and O–H groups in total. The quantitative estimate of drug-likeness (QED) is 0.739. The van der Waals surface area contributed by atoms with Crippen molar-refractivity contribution in [3.8, 4) is 11.5 Å². The molecule has 0 saturated heterocycles. The Morgan fingerprint density at radius 2 is 1.65 bits per heavy atom. The highest BCUT2D eigenvalue weighted by atomic mass is 16.5. The molecule has 23 heavy (non-hydrogen) atoms. The molecular formula is C20H27NO2. The summed E-state index contributed by atoms with van der Waals surface area (Å²) < 4.78 is 11.8. The van der Waals surface area contributed by atoms with E-state index in [1.54, 1.807) is 0 Å². The molecule has 0 heterocycles. The molecule has 0 saturated carbocycles. The summed E-state index contributed by atoms with van der Waals surface area (Å²) in [6.45, 7) is 9.04. The van der Waals surface area contributed by atoms with Crippen LogP contribution in [0.1, 0.15) is 32.8 Å². The van der Waals surface area contributed by atoms with Crippen molar-refractivity contribution in [1.29, 1.82) is 0 Å². The average Bonchev–Trinajstić information content (AvgIpc) is 2.51. The van der Waals surface area contributed by atoms with Gasteiger partial charge in [-0.25, -0.2) is 0 Å². The minimum Gasteiger partial charge on any atom is -0.491 e. The minimum atomic E-state index is 0.131. The van der Waals surface area contributed by atoms with Crippen LogP contribution in [0.2, 0.25) is 0 Å². The van der Waals surface area contributed by atoms with Crippen LogP contribution in [0.4, 0.5) is 5.69 Å². The zero-order valence-corrected chi connectivity index (χ0v) is 14.5. The Hall–Kier alpha value is -2.16. The van der Waals surface area contributed by atoms with E-state index in [1.807, 2.05) is 50.2 Å². The van der Waals surface area contributed by atoms with E-state index < -0.39 is 0 Å². The summed E-state index contributed by atoms with van der Waals surface area (Å²) in [5, 5.41) is 3.44. The first-order valence-electron chi connectivity index (χ1n) is 8.30. The molecule has 0 spiro atoms. The highest BCUT2D eigenvalue weighted by Gasteiger charge is 2.09. The second-order valence-electron chi connectivity index (χ2n) is 6.04. The normalized spacial score (nSPS) is 12.0. The van der Waals surface area contributed by atoms with Gasteiger partial charge in [0.15, 0.2) is 0 Å². The summed E-state index contributed by atoms with van der Waals surface area (Å²) in [6.07, 6.45) is 1.26. The lowest BCUT2D eigenvalue weighted by molar-refractivity contribution is 0.210. The maximum Gasteiger partial charge on any atom is 0.121 e. The van der Waals surface area contributed by atoms with Gasteiger partial charge in [-0.2, -0.15) is 0 Å². The van der Waals surface area contributed by atoms with Crippen molar-refractivity contribution in [2.75, 3.05) is 11.9 Å². The van der Waals surface area contributed by atoms with Crippen molar-refractivity contribution >= 4 is 5.69 Å². The molecule has 0 aliphatic heterocycles. The van der Waals surface area contributed by atoms with Gasteiger partial charge in [0.05, 0.1) is 12.6 Å². The van der Waals surface area contributed by atoms with E-state index in [0.717, 1.165) is 30.2 Å². The fourth-order valence-corrected chi connectivity index (χ4v) is 2.33. The van der Waals surface area contributed by atoms with Crippen molar-refractivity contribution in [3.63, 3.8) is 0 Å². The molecule has 0 amide bonds. The van der Waals surface area contributed by atoms with E-state index in [0.29, 0.717) is 0 Å². The van der Waals surface area contributed by atoms with Crippen LogP contribution in [0.15, 0.2) is 48.5 Å². The Morgan fingerprint density at radius 3 is 2.30 bits per heavy atom. The lowest BCUT2D eigenvalue weighted by Crippen LogP contribution is -2.25. The van der Waals surface area contributed by atoms with Crippen LogP contribution in [0.25, 0.3) is 0 Å². The second kappa shape index (κ2) is 8.47. The number of aryl methyl sites for hydroxylation is 1. The fourth-order valence-electron chi connectivity index (χ4n) is 2.33. The first-order valence-corrected chi connectivity index (χ1v) is 8.30. The highest BCUT2D eigenvalue weighted by Crippen LogP contribution is 2.20. The van der Waals surface area contributed by atoms with Crippen LogP contribution in [0.5, 0.6) is 11.5 Å². The van der Waals surface area contributed by atoms with Gasteiger partial charge < -0.3 is 14.8 Å². The summed E-state index contributed by atoms with van der Waals surface area (Å²) in [5.74, 6) is 1.81. The lowest BCUT2D eigenvalue weighted by atomic mass is 10.2. The summed E-state index contributed by atoms with van der Waals surface area (Å²) in [6, 6.07) is 16.2. The Bertz CT molecular complexity index is 610. The molecule has 3 heteroatoms.